The van der Waals surface area contributed by atoms with Gasteiger partial charge in [-0.05, 0) is 41.8 Å². The molecule has 152 valence electrons. The Morgan fingerprint density at radius 3 is 2.57 bits per heavy atom. The number of hydrogen-bond acceptors (Lipinski definition) is 3. The summed E-state index contributed by atoms with van der Waals surface area (Å²) in [7, 11) is 0. The number of benzene rings is 2. The fraction of sp³-hybridized carbons (Fsp3) is 0.208. The van der Waals surface area contributed by atoms with Crippen LogP contribution in [-0.2, 0) is 24.3 Å². The van der Waals surface area contributed by atoms with E-state index in [4.69, 9.17) is 4.98 Å². The van der Waals surface area contributed by atoms with Gasteiger partial charge in [0.15, 0.2) is 5.65 Å². The van der Waals surface area contributed by atoms with Crippen molar-refractivity contribution in [3.8, 4) is 0 Å². The van der Waals surface area contributed by atoms with E-state index in [0.29, 0.717) is 32.4 Å². The summed E-state index contributed by atoms with van der Waals surface area (Å²) in [5, 5.41) is 2.88. The summed E-state index contributed by atoms with van der Waals surface area (Å²) in [4.78, 5) is 21.4. The van der Waals surface area contributed by atoms with E-state index in [2.05, 4.69) is 27.0 Å². The van der Waals surface area contributed by atoms with Gasteiger partial charge in [0.2, 0.25) is 5.91 Å². The van der Waals surface area contributed by atoms with Gasteiger partial charge in [0.25, 0.3) is 0 Å². The van der Waals surface area contributed by atoms with Crippen molar-refractivity contribution in [1.82, 2.24) is 19.9 Å². The first-order valence-corrected chi connectivity index (χ1v) is 10.0. The van der Waals surface area contributed by atoms with Crippen LogP contribution in [0.2, 0.25) is 0 Å². The monoisotopic (exact) mass is 402 g/mol. The molecule has 0 radical (unpaired) electrons. The van der Waals surface area contributed by atoms with Gasteiger partial charge in [0.05, 0.1) is 6.54 Å². The van der Waals surface area contributed by atoms with E-state index in [0.717, 1.165) is 22.6 Å². The molecule has 0 saturated carbocycles. The van der Waals surface area contributed by atoms with Gasteiger partial charge in [0.1, 0.15) is 17.2 Å². The van der Waals surface area contributed by atoms with Crippen LogP contribution in [0.25, 0.3) is 11.2 Å². The SMILES string of the molecule is O=C(CCCc1nc2cccnc2n1Cc1ccccc1)NCc1ccc(F)cc1. The van der Waals surface area contributed by atoms with Crippen molar-refractivity contribution in [3.05, 3.63) is 95.7 Å². The van der Waals surface area contributed by atoms with Gasteiger partial charge in [0, 0.05) is 25.6 Å². The molecule has 0 aliphatic heterocycles. The van der Waals surface area contributed by atoms with Crippen LogP contribution in [-0.4, -0.2) is 20.4 Å². The molecule has 0 aliphatic carbocycles. The largest absolute Gasteiger partial charge is 0.352 e. The van der Waals surface area contributed by atoms with E-state index in [1.54, 1.807) is 18.3 Å². The molecule has 1 N–H and O–H groups in total. The van der Waals surface area contributed by atoms with E-state index >= 15 is 0 Å². The van der Waals surface area contributed by atoms with Crippen LogP contribution in [0.3, 0.4) is 0 Å². The number of rotatable bonds is 8. The van der Waals surface area contributed by atoms with Gasteiger partial charge in [-0.3, -0.25) is 4.79 Å². The Labute approximate surface area is 174 Å². The lowest BCUT2D eigenvalue weighted by atomic mass is 10.2. The van der Waals surface area contributed by atoms with Gasteiger partial charge >= 0.3 is 0 Å². The molecule has 0 unspecified atom stereocenters. The molecule has 2 aromatic carbocycles. The summed E-state index contributed by atoms with van der Waals surface area (Å²) in [6, 6.07) is 20.2. The maximum Gasteiger partial charge on any atom is 0.220 e. The number of aryl methyl sites for hydroxylation is 1. The fourth-order valence-electron chi connectivity index (χ4n) is 3.43. The standard InChI is InChI=1S/C24H23FN4O/c25-20-13-11-18(12-14-20)16-27-23(30)10-4-9-22-28-21-8-5-15-26-24(21)29(22)17-19-6-2-1-3-7-19/h1-3,5-8,11-15H,4,9-10,16-17H2,(H,27,30). The van der Waals surface area contributed by atoms with Crippen LogP contribution < -0.4 is 5.32 Å². The number of carbonyl (C=O) groups is 1. The van der Waals surface area contributed by atoms with Gasteiger partial charge < -0.3 is 9.88 Å². The van der Waals surface area contributed by atoms with E-state index < -0.39 is 0 Å². The number of nitrogens with one attached hydrogen (secondary N) is 1. The molecule has 4 rings (SSSR count). The molecule has 30 heavy (non-hydrogen) atoms. The molecule has 0 aliphatic rings. The van der Waals surface area contributed by atoms with E-state index in [1.807, 2.05) is 30.3 Å². The quantitative estimate of drug-likeness (QED) is 0.479. The average molecular weight is 402 g/mol. The Hall–Kier alpha value is -3.54. The van der Waals surface area contributed by atoms with Crippen molar-refractivity contribution >= 4 is 17.1 Å². The Morgan fingerprint density at radius 2 is 1.77 bits per heavy atom. The minimum atomic E-state index is -0.280. The number of hydrogen-bond donors (Lipinski definition) is 1. The predicted molar refractivity (Wildman–Crippen MR) is 114 cm³/mol. The number of pyridine rings is 1. The molecule has 0 atom stereocenters. The van der Waals surface area contributed by atoms with Crippen LogP contribution >= 0.6 is 0 Å². The second-order valence-electron chi connectivity index (χ2n) is 7.20. The average Bonchev–Trinajstić information content (AvgIpc) is 3.11. The molecule has 2 heterocycles. The smallest absolute Gasteiger partial charge is 0.220 e. The molecule has 0 fully saturated rings. The molecule has 0 spiro atoms. The van der Waals surface area contributed by atoms with Crippen molar-refractivity contribution in [2.75, 3.05) is 0 Å². The molecule has 0 bridgehead atoms. The van der Waals surface area contributed by atoms with E-state index in [-0.39, 0.29) is 11.7 Å². The van der Waals surface area contributed by atoms with Gasteiger partial charge in [-0.25, -0.2) is 14.4 Å². The summed E-state index contributed by atoms with van der Waals surface area (Å²) in [6.45, 7) is 1.09. The molecule has 1 amide bonds. The topological polar surface area (TPSA) is 59.8 Å². The van der Waals surface area contributed by atoms with Crippen LogP contribution in [0.5, 0.6) is 0 Å². The lowest BCUT2D eigenvalue weighted by molar-refractivity contribution is -0.121. The van der Waals surface area contributed by atoms with Crippen LogP contribution in [0.1, 0.15) is 29.8 Å². The highest BCUT2D eigenvalue weighted by molar-refractivity contribution is 5.76. The van der Waals surface area contributed by atoms with Gasteiger partial charge in [-0.15, -0.1) is 0 Å². The molecular formula is C24H23FN4O. The Morgan fingerprint density at radius 1 is 0.967 bits per heavy atom. The lowest BCUT2D eigenvalue weighted by Gasteiger charge is -2.09. The highest BCUT2D eigenvalue weighted by Crippen LogP contribution is 2.17. The maximum atomic E-state index is 13.0. The Balaban J connectivity index is 1.38. The van der Waals surface area contributed by atoms with Crippen molar-refractivity contribution in [3.63, 3.8) is 0 Å². The van der Waals surface area contributed by atoms with Crippen molar-refractivity contribution < 1.29 is 9.18 Å². The minimum Gasteiger partial charge on any atom is -0.352 e. The molecule has 0 saturated heterocycles. The highest BCUT2D eigenvalue weighted by atomic mass is 19.1. The predicted octanol–water partition coefficient (Wildman–Crippen LogP) is 4.26. The minimum absolute atomic E-state index is 0.0248. The number of imidazole rings is 1. The summed E-state index contributed by atoms with van der Waals surface area (Å²) in [6.07, 6.45) is 3.56. The lowest BCUT2D eigenvalue weighted by Crippen LogP contribution is -2.22. The number of amides is 1. The second-order valence-corrected chi connectivity index (χ2v) is 7.20. The number of carbonyl (C=O) groups excluding carboxylic acids is 1. The van der Waals surface area contributed by atoms with Crippen molar-refractivity contribution in [1.29, 1.82) is 0 Å². The normalized spacial score (nSPS) is 11.0. The third-order valence-electron chi connectivity index (χ3n) is 4.97. The van der Waals surface area contributed by atoms with E-state index in [9.17, 15) is 9.18 Å². The fourth-order valence-corrected chi connectivity index (χ4v) is 3.43. The van der Waals surface area contributed by atoms with Crippen molar-refractivity contribution in [2.45, 2.75) is 32.4 Å². The molecule has 5 nitrogen and oxygen atoms in total. The zero-order valence-corrected chi connectivity index (χ0v) is 16.6. The third-order valence-corrected chi connectivity index (χ3v) is 4.97. The van der Waals surface area contributed by atoms with Crippen molar-refractivity contribution in [2.24, 2.45) is 0 Å². The first-order valence-electron chi connectivity index (χ1n) is 10.0. The van der Waals surface area contributed by atoms with Crippen LogP contribution in [0.4, 0.5) is 4.39 Å². The second kappa shape index (κ2) is 9.31. The van der Waals surface area contributed by atoms with Gasteiger partial charge in [-0.1, -0.05) is 42.5 Å². The Kier molecular flexibility index (Phi) is 6.13. The first kappa shape index (κ1) is 19.8. The third kappa shape index (κ3) is 4.89. The summed E-state index contributed by atoms with van der Waals surface area (Å²) >= 11 is 0. The molecular weight excluding hydrogens is 379 g/mol. The van der Waals surface area contributed by atoms with Gasteiger partial charge in [-0.2, -0.15) is 0 Å². The highest BCUT2D eigenvalue weighted by Gasteiger charge is 2.12. The zero-order valence-electron chi connectivity index (χ0n) is 16.6. The van der Waals surface area contributed by atoms with Crippen LogP contribution in [0, 0.1) is 5.82 Å². The number of aromatic nitrogens is 3. The van der Waals surface area contributed by atoms with Crippen LogP contribution in [0.15, 0.2) is 72.9 Å². The molecule has 4 aromatic rings. The summed E-state index contributed by atoms with van der Waals surface area (Å²) in [5.41, 5.74) is 3.78. The van der Waals surface area contributed by atoms with E-state index in [1.165, 1.54) is 17.7 Å². The zero-order chi connectivity index (χ0) is 20.8. The maximum absolute atomic E-state index is 13.0. The molecule has 2 aromatic heterocycles. The number of halogens is 1. The number of fused-ring (bicyclic) bond motifs is 1. The Bertz CT molecular complexity index is 1120. The molecule has 6 heteroatoms. The first-order chi connectivity index (χ1) is 14.7. The number of nitrogens with zero attached hydrogens (tertiary/aromatic N) is 3. The summed E-state index contributed by atoms with van der Waals surface area (Å²) in [5.74, 6) is 0.625. The summed E-state index contributed by atoms with van der Waals surface area (Å²) < 4.78 is 15.1.